The summed E-state index contributed by atoms with van der Waals surface area (Å²) >= 11 is 0. The molecule has 0 bridgehead atoms. The van der Waals surface area contributed by atoms with Crippen molar-refractivity contribution >= 4 is 0 Å². The van der Waals surface area contributed by atoms with E-state index in [4.69, 9.17) is 5.73 Å². The van der Waals surface area contributed by atoms with Crippen molar-refractivity contribution in [3.63, 3.8) is 0 Å². The number of hydrogen-bond acceptors (Lipinski definition) is 3. The van der Waals surface area contributed by atoms with E-state index >= 15 is 0 Å². The number of nitrogens with zero attached hydrogens (tertiary/aromatic N) is 1. The Kier molecular flexibility index (Phi) is 4.90. The molecule has 0 aliphatic rings. The molecule has 1 rings (SSSR count). The summed E-state index contributed by atoms with van der Waals surface area (Å²) in [6.45, 7) is 8.18. The van der Waals surface area contributed by atoms with E-state index in [1.807, 2.05) is 12.3 Å². The van der Waals surface area contributed by atoms with Gasteiger partial charge in [0.05, 0.1) is 0 Å². The Morgan fingerprint density at radius 1 is 1.50 bits per heavy atom. The molecule has 3 heteroatoms. The Morgan fingerprint density at radius 2 is 2.25 bits per heavy atom. The SMILES string of the molecule is CC(C)C(C)(CN)NCCc1cccnc1. The molecule has 16 heavy (non-hydrogen) atoms. The topological polar surface area (TPSA) is 50.9 Å². The maximum atomic E-state index is 5.81. The van der Waals surface area contributed by atoms with Gasteiger partial charge in [-0.1, -0.05) is 19.9 Å². The van der Waals surface area contributed by atoms with Crippen LogP contribution in [0.15, 0.2) is 24.5 Å². The average molecular weight is 221 g/mol. The summed E-state index contributed by atoms with van der Waals surface area (Å²) in [4.78, 5) is 4.10. The zero-order chi connectivity index (χ0) is 12.0. The molecular formula is C13H23N3. The van der Waals surface area contributed by atoms with Crippen molar-refractivity contribution in [2.75, 3.05) is 13.1 Å². The third-order valence-electron chi connectivity index (χ3n) is 3.36. The van der Waals surface area contributed by atoms with E-state index in [2.05, 4.69) is 37.1 Å². The van der Waals surface area contributed by atoms with E-state index in [0.29, 0.717) is 12.5 Å². The van der Waals surface area contributed by atoms with Crippen LogP contribution in [-0.4, -0.2) is 23.6 Å². The lowest BCUT2D eigenvalue weighted by Gasteiger charge is -2.33. The number of nitrogens with two attached hydrogens (primary N) is 1. The molecule has 0 amide bonds. The summed E-state index contributed by atoms with van der Waals surface area (Å²) in [5, 5.41) is 3.54. The number of hydrogen-bond donors (Lipinski definition) is 2. The van der Waals surface area contributed by atoms with Crippen molar-refractivity contribution in [2.45, 2.75) is 32.7 Å². The fourth-order valence-corrected chi connectivity index (χ4v) is 1.55. The molecular weight excluding hydrogens is 198 g/mol. The van der Waals surface area contributed by atoms with E-state index in [1.165, 1.54) is 5.56 Å². The van der Waals surface area contributed by atoms with Gasteiger partial charge >= 0.3 is 0 Å². The third kappa shape index (κ3) is 3.58. The number of rotatable bonds is 6. The maximum absolute atomic E-state index is 5.81. The van der Waals surface area contributed by atoms with Crippen molar-refractivity contribution in [2.24, 2.45) is 11.7 Å². The van der Waals surface area contributed by atoms with Crippen LogP contribution in [0.1, 0.15) is 26.3 Å². The van der Waals surface area contributed by atoms with E-state index in [1.54, 1.807) is 6.20 Å². The van der Waals surface area contributed by atoms with Gasteiger partial charge in [0.1, 0.15) is 0 Å². The predicted molar refractivity (Wildman–Crippen MR) is 68.2 cm³/mol. The quantitative estimate of drug-likeness (QED) is 0.767. The van der Waals surface area contributed by atoms with Gasteiger partial charge in [-0.2, -0.15) is 0 Å². The van der Waals surface area contributed by atoms with Crippen LogP contribution >= 0.6 is 0 Å². The number of nitrogens with one attached hydrogen (secondary N) is 1. The summed E-state index contributed by atoms with van der Waals surface area (Å²) in [5.74, 6) is 0.534. The molecule has 1 aromatic rings. The number of pyridine rings is 1. The van der Waals surface area contributed by atoms with Gasteiger partial charge in [0, 0.05) is 24.5 Å². The molecule has 0 spiro atoms. The highest BCUT2D eigenvalue weighted by Gasteiger charge is 2.25. The van der Waals surface area contributed by atoms with Crippen LogP contribution in [0.2, 0.25) is 0 Å². The van der Waals surface area contributed by atoms with Gasteiger partial charge in [0.2, 0.25) is 0 Å². The highest BCUT2D eigenvalue weighted by atomic mass is 15.0. The van der Waals surface area contributed by atoms with E-state index in [-0.39, 0.29) is 5.54 Å². The molecule has 1 unspecified atom stereocenters. The normalized spacial score (nSPS) is 15.1. The zero-order valence-corrected chi connectivity index (χ0v) is 10.5. The standard InChI is InChI=1S/C13H23N3/c1-11(2)13(3,10-14)16-8-6-12-5-4-7-15-9-12/h4-5,7,9,11,16H,6,8,10,14H2,1-3H3. The zero-order valence-electron chi connectivity index (χ0n) is 10.5. The first kappa shape index (κ1) is 13.1. The largest absolute Gasteiger partial charge is 0.329 e. The minimum atomic E-state index is 0.0300. The van der Waals surface area contributed by atoms with Gasteiger partial charge < -0.3 is 11.1 Å². The van der Waals surface area contributed by atoms with Gasteiger partial charge in [0.25, 0.3) is 0 Å². The molecule has 90 valence electrons. The molecule has 0 saturated heterocycles. The van der Waals surface area contributed by atoms with Gasteiger partial charge in [0.15, 0.2) is 0 Å². The Bertz CT molecular complexity index is 297. The van der Waals surface area contributed by atoms with Gasteiger partial charge in [-0.05, 0) is 37.4 Å². The van der Waals surface area contributed by atoms with E-state index in [9.17, 15) is 0 Å². The van der Waals surface area contributed by atoms with E-state index < -0.39 is 0 Å². The second-order valence-corrected chi connectivity index (χ2v) is 4.81. The van der Waals surface area contributed by atoms with Crippen molar-refractivity contribution in [3.05, 3.63) is 30.1 Å². The highest BCUT2D eigenvalue weighted by molar-refractivity contribution is 5.08. The van der Waals surface area contributed by atoms with Crippen molar-refractivity contribution < 1.29 is 0 Å². The van der Waals surface area contributed by atoms with Crippen molar-refractivity contribution in [3.8, 4) is 0 Å². The van der Waals surface area contributed by atoms with Crippen LogP contribution in [0, 0.1) is 5.92 Å². The number of aromatic nitrogens is 1. The van der Waals surface area contributed by atoms with Crippen LogP contribution in [0.25, 0.3) is 0 Å². The highest BCUT2D eigenvalue weighted by Crippen LogP contribution is 2.14. The van der Waals surface area contributed by atoms with Crippen molar-refractivity contribution in [1.82, 2.24) is 10.3 Å². The molecule has 0 saturated carbocycles. The Balaban J connectivity index is 2.40. The van der Waals surface area contributed by atoms with Crippen molar-refractivity contribution in [1.29, 1.82) is 0 Å². The molecule has 0 aliphatic carbocycles. The van der Waals surface area contributed by atoms with Gasteiger partial charge in [-0.3, -0.25) is 4.98 Å². The molecule has 3 nitrogen and oxygen atoms in total. The lowest BCUT2D eigenvalue weighted by atomic mass is 9.88. The molecule has 3 N–H and O–H groups in total. The predicted octanol–water partition coefficient (Wildman–Crippen LogP) is 1.59. The second-order valence-electron chi connectivity index (χ2n) is 4.81. The first-order chi connectivity index (χ1) is 7.58. The smallest absolute Gasteiger partial charge is 0.0300 e. The third-order valence-corrected chi connectivity index (χ3v) is 3.36. The monoisotopic (exact) mass is 221 g/mol. The molecule has 0 fully saturated rings. The lowest BCUT2D eigenvalue weighted by Crippen LogP contribution is -2.53. The van der Waals surface area contributed by atoms with Crippen LogP contribution < -0.4 is 11.1 Å². The first-order valence-electron chi connectivity index (χ1n) is 5.92. The molecule has 1 atom stereocenters. The average Bonchev–Trinajstić information content (AvgIpc) is 2.30. The summed E-state index contributed by atoms with van der Waals surface area (Å²) in [5.41, 5.74) is 7.10. The minimum Gasteiger partial charge on any atom is -0.329 e. The molecule has 0 aromatic carbocycles. The first-order valence-corrected chi connectivity index (χ1v) is 5.92. The Labute approximate surface area is 98.5 Å². The molecule has 1 aromatic heterocycles. The van der Waals surface area contributed by atoms with Crippen LogP contribution in [0.4, 0.5) is 0 Å². The summed E-state index contributed by atoms with van der Waals surface area (Å²) in [7, 11) is 0. The lowest BCUT2D eigenvalue weighted by molar-refractivity contribution is 0.271. The fourth-order valence-electron chi connectivity index (χ4n) is 1.55. The Hall–Kier alpha value is -0.930. The minimum absolute atomic E-state index is 0.0300. The van der Waals surface area contributed by atoms with Gasteiger partial charge in [-0.15, -0.1) is 0 Å². The maximum Gasteiger partial charge on any atom is 0.0300 e. The van der Waals surface area contributed by atoms with Gasteiger partial charge in [-0.25, -0.2) is 0 Å². The summed E-state index contributed by atoms with van der Waals surface area (Å²) in [6.07, 6.45) is 4.71. The molecule has 0 aliphatic heterocycles. The fraction of sp³-hybridized carbons (Fsp3) is 0.615. The van der Waals surface area contributed by atoms with E-state index in [0.717, 1.165) is 13.0 Å². The Morgan fingerprint density at radius 3 is 2.75 bits per heavy atom. The summed E-state index contributed by atoms with van der Waals surface area (Å²) in [6, 6.07) is 4.07. The van der Waals surface area contributed by atoms with Crippen LogP contribution in [-0.2, 0) is 6.42 Å². The second kappa shape index (κ2) is 5.97. The van der Waals surface area contributed by atoms with Crippen LogP contribution in [0.5, 0.6) is 0 Å². The molecule has 0 radical (unpaired) electrons. The van der Waals surface area contributed by atoms with Crippen LogP contribution in [0.3, 0.4) is 0 Å². The molecule has 1 heterocycles. The summed E-state index contributed by atoms with van der Waals surface area (Å²) < 4.78 is 0.